The van der Waals surface area contributed by atoms with Crippen LogP contribution >= 0.6 is 0 Å². The standard InChI is InChI=1S/C15H16N4/c1-3-7-14-17-15-16-11(2)10-13(19(15)18-14)12-8-5-4-6-9-12/h4-6,8-10H,2-3,7H2,1H3,(H,16,17,18). The molecule has 96 valence electrons. The Kier molecular flexibility index (Phi) is 2.91. The molecule has 4 nitrogen and oxygen atoms in total. The normalized spacial score (nSPS) is 13.7. The molecular weight excluding hydrogens is 236 g/mol. The summed E-state index contributed by atoms with van der Waals surface area (Å²) in [5.41, 5.74) is 2.95. The second-order valence-electron chi connectivity index (χ2n) is 4.56. The number of anilines is 1. The highest BCUT2D eigenvalue weighted by Gasteiger charge is 2.18. The van der Waals surface area contributed by atoms with Crippen LogP contribution in [-0.2, 0) is 6.42 Å². The molecule has 0 bridgehead atoms. The van der Waals surface area contributed by atoms with Crippen molar-refractivity contribution in [3.05, 3.63) is 60.1 Å². The molecular formula is C15H16N4. The summed E-state index contributed by atoms with van der Waals surface area (Å²) in [7, 11) is 0. The van der Waals surface area contributed by atoms with E-state index in [1.54, 1.807) is 0 Å². The van der Waals surface area contributed by atoms with Gasteiger partial charge in [0.1, 0.15) is 0 Å². The van der Waals surface area contributed by atoms with Gasteiger partial charge in [0.2, 0.25) is 5.95 Å². The lowest BCUT2D eigenvalue weighted by Gasteiger charge is -2.17. The van der Waals surface area contributed by atoms with E-state index in [0.29, 0.717) is 0 Å². The Balaban J connectivity index is 2.08. The molecule has 0 saturated carbocycles. The van der Waals surface area contributed by atoms with Crippen molar-refractivity contribution in [3.8, 4) is 0 Å². The highest BCUT2D eigenvalue weighted by atomic mass is 15.4. The van der Waals surface area contributed by atoms with E-state index in [1.807, 2.05) is 29.0 Å². The van der Waals surface area contributed by atoms with Gasteiger partial charge in [-0.3, -0.25) is 0 Å². The third-order valence-electron chi connectivity index (χ3n) is 3.01. The number of fused-ring (bicyclic) bond motifs is 1. The predicted octanol–water partition coefficient (Wildman–Crippen LogP) is 3.06. The molecule has 1 N–H and O–H groups in total. The number of allylic oxidation sites excluding steroid dienone is 1. The fourth-order valence-electron chi connectivity index (χ4n) is 2.15. The largest absolute Gasteiger partial charge is 0.325 e. The van der Waals surface area contributed by atoms with Crippen LogP contribution in [0.1, 0.15) is 24.7 Å². The van der Waals surface area contributed by atoms with Crippen LogP contribution in [0.25, 0.3) is 5.70 Å². The molecule has 0 fully saturated rings. The number of aryl methyl sites for hydroxylation is 1. The molecule has 0 radical (unpaired) electrons. The minimum atomic E-state index is 0.745. The third-order valence-corrected chi connectivity index (χ3v) is 3.01. The van der Waals surface area contributed by atoms with E-state index in [0.717, 1.165) is 41.6 Å². The van der Waals surface area contributed by atoms with Gasteiger partial charge in [0.05, 0.1) is 5.70 Å². The highest BCUT2D eigenvalue weighted by molar-refractivity contribution is 5.74. The zero-order chi connectivity index (χ0) is 13.2. The molecule has 1 aromatic carbocycles. The Morgan fingerprint density at radius 1 is 1.26 bits per heavy atom. The van der Waals surface area contributed by atoms with Crippen LogP contribution in [0.5, 0.6) is 0 Å². The molecule has 2 aromatic rings. The molecule has 0 saturated heterocycles. The summed E-state index contributed by atoms with van der Waals surface area (Å²) in [6.45, 7) is 6.10. The van der Waals surface area contributed by atoms with Crippen LogP contribution < -0.4 is 5.32 Å². The van der Waals surface area contributed by atoms with Gasteiger partial charge in [-0.15, -0.1) is 5.10 Å². The van der Waals surface area contributed by atoms with E-state index in [2.05, 4.69) is 41.0 Å². The zero-order valence-electron chi connectivity index (χ0n) is 10.9. The number of nitrogens with one attached hydrogen (secondary N) is 1. The van der Waals surface area contributed by atoms with Crippen LogP contribution in [0.4, 0.5) is 5.95 Å². The lowest BCUT2D eigenvalue weighted by Crippen LogP contribution is -2.13. The van der Waals surface area contributed by atoms with Crippen LogP contribution in [0.3, 0.4) is 0 Å². The number of hydrogen-bond acceptors (Lipinski definition) is 3. The van der Waals surface area contributed by atoms with Crippen molar-refractivity contribution in [3.63, 3.8) is 0 Å². The minimum Gasteiger partial charge on any atom is -0.325 e. The summed E-state index contributed by atoms with van der Waals surface area (Å²) >= 11 is 0. The van der Waals surface area contributed by atoms with Crippen LogP contribution in [0.15, 0.2) is 48.7 Å². The molecule has 0 spiro atoms. The van der Waals surface area contributed by atoms with E-state index in [4.69, 9.17) is 0 Å². The van der Waals surface area contributed by atoms with Gasteiger partial charge in [0, 0.05) is 17.7 Å². The van der Waals surface area contributed by atoms with E-state index < -0.39 is 0 Å². The first-order valence-electron chi connectivity index (χ1n) is 6.47. The summed E-state index contributed by atoms with van der Waals surface area (Å²) in [5, 5.41) is 7.72. The van der Waals surface area contributed by atoms with Gasteiger partial charge in [0.15, 0.2) is 5.82 Å². The lowest BCUT2D eigenvalue weighted by molar-refractivity contribution is 0.807. The number of nitrogens with zero attached hydrogens (tertiary/aromatic N) is 3. The third kappa shape index (κ3) is 2.17. The molecule has 0 atom stereocenters. The minimum absolute atomic E-state index is 0.745. The summed E-state index contributed by atoms with van der Waals surface area (Å²) in [6, 6.07) is 10.2. The summed E-state index contributed by atoms with van der Waals surface area (Å²) in [6.07, 6.45) is 3.91. The Bertz CT molecular complexity index is 637. The molecule has 1 aliphatic heterocycles. The summed E-state index contributed by atoms with van der Waals surface area (Å²) in [4.78, 5) is 4.51. The fourth-order valence-corrected chi connectivity index (χ4v) is 2.15. The van der Waals surface area contributed by atoms with E-state index in [-0.39, 0.29) is 0 Å². The van der Waals surface area contributed by atoms with Crippen LogP contribution in [-0.4, -0.2) is 14.8 Å². The average Bonchev–Trinajstić information content (AvgIpc) is 2.81. The van der Waals surface area contributed by atoms with Crippen molar-refractivity contribution in [2.75, 3.05) is 5.32 Å². The maximum atomic E-state index is 4.57. The molecule has 2 heterocycles. The second-order valence-corrected chi connectivity index (χ2v) is 4.56. The average molecular weight is 252 g/mol. The number of hydrogen-bond donors (Lipinski definition) is 1. The Morgan fingerprint density at radius 3 is 2.79 bits per heavy atom. The summed E-state index contributed by atoms with van der Waals surface area (Å²) < 4.78 is 1.86. The Hall–Kier alpha value is -2.36. The molecule has 4 heteroatoms. The van der Waals surface area contributed by atoms with E-state index in [9.17, 15) is 0 Å². The first-order chi connectivity index (χ1) is 9.28. The zero-order valence-corrected chi connectivity index (χ0v) is 10.9. The van der Waals surface area contributed by atoms with Gasteiger partial charge in [-0.1, -0.05) is 43.8 Å². The van der Waals surface area contributed by atoms with Crippen molar-refractivity contribution < 1.29 is 0 Å². The van der Waals surface area contributed by atoms with Gasteiger partial charge < -0.3 is 5.32 Å². The summed E-state index contributed by atoms with van der Waals surface area (Å²) in [5.74, 6) is 1.61. The molecule has 0 amide bonds. The maximum absolute atomic E-state index is 4.57. The van der Waals surface area contributed by atoms with E-state index >= 15 is 0 Å². The number of aromatic nitrogens is 3. The van der Waals surface area contributed by atoms with Crippen molar-refractivity contribution >= 4 is 11.6 Å². The van der Waals surface area contributed by atoms with Crippen molar-refractivity contribution in [2.45, 2.75) is 19.8 Å². The predicted molar refractivity (Wildman–Crippen MR) is 76.6 cm³/mol. The molecule has 3 rings (SSSR count). The Morgan fingerprint density at radius 2 is 2.05 bits per heavy atom. The van der Waals surface area contributed by atoms with E-state index in [1.165, 1.54) is 0 Å². The molecule has 19 heavy (non-hydrogen) atoms. The molecule has 0 unspecified atom stereocenters. The van der Waals surface area contributed by atoms with Crippen molar-refractivity contribution in [1.82, 2.24) is 14.8 Å². The van der Waals surface area contributed by atoms with Crippen molar-refractivity contribution in [2.24, 2.45) is 0 Å². The quantitative estimate of drug-likeness (QED) is 0.913. The van der Waals surface area contributed by atoms with Crippen LogP contribution in [0, 0.1) is 0 Å². The smallest absolute Gasteiger partial charge is 0.230 e. The van der Waals surface area contributed by atoms with Gasteiger partial charge in [-0.25, -0.2) is 0 Å². The number of rotatable bonds is 3. The van der Waals surface area contributed by atoms with Gasteiger partial charge in [-0.05, 0) is 12.5 Å². The van der Waals surface area contributed by atoms with Crippen molar-refractivity contribution in [1.29, 1.82) is 0 Å². The first kappa shape index (κ1) is 11.7. The topological polar surface area (TPSA) is 42.7 Å². The SMILES string of the molecule is C=C1C=C(c2ccccc2)n2nc(CCC)nc2N1. The second kappa shape index (κ2) is 4.72. The monoisotopic (exact) mass is 252 g/mol. The highest BCUT2D eigenvalue weighted by Crippen LogP contribution is 2.26. The van der Waals surface area contributed by atoms with Gasteiger partial charge >= 0.3 is 0 Å². The molecule has 1 aromatic heterocycles. The molecule has 0 aliphatic carbocycles. The fraction of sp³-hybridized carbons (Fsp3) is 0.200. The Labute approximate surface area is 112 Å². The lowest BCUT2D eigenvalue weighted by atomic mass is 10.1. The first-order valence-corrected chi connectivity index (χ1v) is 6.47. The molecule has 1 aliphatic rings. The number of benzene rings is 1. The van der Waals surface area contributed by atoms with Gasteiger partial charge in [-0.2, -0.15) is 9.67 Å². The van der Waals surface area contributed by atoms with Crippen LogP contribution in [0.2, 0.25) is 0 Å². The maximum Gasteiger partial charge on any atom is 0.230 e. The van der Waals surface area contributed by atoms with Gasteiger partial charge in [0.25, 0.3) is 0 Å².